The molecule has 0 aliphatic heterocycles. The van der Waals surface area contributed by atoms with E-state index in [2.05, 4.69) is 10.6 Å². The Hall–Kier alpha value is -3.43. The fourth-order valence-corrected chi connectivity index (χ4v) is 4.15. The van der Waals surface area contributed by atoms with Crippen LogP contribution in [0.5, 0.6) is 0 Å². The number of carbonyl (C=O) groups excluding carboxylic acids is 2. The van der Waals surface area contributed by atoms with Gasteiger partial charge in [-0.1, -0.05) is 48.5 Å². The summed E-state index contributed by atoms with van der Waals surface area (Å²) < 4.78 is 15.8. The normalized spacial score (nSPS) is 14.4. The summed E-state index contributed by atoms with van der Waals surface area (Å²) in [6.07, 6.45) is -1.81. The Balaban J connectivity index is 1.67. The van der Waals surface area contributed by atoms with Crippen LogP contribution in [-0.4, -0.2) is 68.2 Å². The van der Waals surface area contributed by atoms with Gasteiger partial charge in [0, 0.05) is 26.6 Å². The lowest BCUT2D eigenvalue weighted by atomic mass is 9.98. The predicted octanol–water partition coefficient (Wildman–Crippen LogP) is 2.92. The standard InChI is InChI=1S/C26H32N2O7/c1-26(2,34-4)13-21(23(29)27-14-22(33-3)24(30)31)28-25(32)35-15-20-18-11-7-5-9-16(18)17-10-6-8-12-19(17)20/h5-12,20-22H,13-15H2,1-4H3,(H,27,29)(H,28,32)(H,30,31). The van der Waals surface area contributed by atoms with Crippen molar-refractivity contribution in [1.82, 2.24) is 10.6 Å². The van der Waals surface area contributed by atoms with Gasteiger partial charge in [0.15, 0.2) is 6.10 Å². The molecule has 3 N–H and O–H groups in total. The molecule has 0 aromatic heterocycles. The Morgan fingerprint density at radius 1 is 1.00 bits per heavy atom. The molecular formula is C26H32N2O7. The molecule has 1 aliphatic rings. The SMILES string of the molecule is COC(CNC(=O)C(CC(C)(C)OC)NC(=O)OCC1c2ccccc2-c2ccccc21)C(=O)O. The number of ether oxygens (including phenoxy) is 3. The number of rotatable bonds is 11. The molecule has 9 nitrogen and oxygen atoms in total. The van der Waals surface area contributed by atoms with Gasteiger partial charge in [-0.15, -0.1) is 0 Å². The molecule has 188 valence electrons. The summed E-state index contributed by atoms with van der Waals surface area (Å²) in [5, 5.41) is 14.3. The Morgan fingerprint density at radius 3 is 2.09 bits per heavy atom. The Labute approximate surface area is 204 Å². The number of carboxylic acid groups (broad SMARTS) is 1. The lowest BCUT2D eigenvalue weighted by molar-refractivity contribution is -0.148. The molecule has 0 spiro atoms. The molecule has 1 aliphatic carbocycles. The van der Waals surface area contributed by atoms with Gasteiger partial charge in [-0.05, 0) is 36.1 Å². The third kappa shape index (κ3) is 6.37. The first kappa shape index (κ1) is 26.2. The summed E-state index contributed by atoms with van der Waals surface area (Å²) in [6.45, 7) is 3.41. The third-order valence-corrected chi connectivity index (χ3v) is 6.22. The number of methoxy groups -OCH3 is 2. The van der Waals surface area contributed by atoms with E-state index in [0.717, 1.165) is 22.3 Å². The Bertz CT molecular complexity index is 1020. The second-order valence-corrected chi connectivity index (χ2v) is 9.00. The lowest BCUT2D eigenvalue weighted by Crippen LogP contribution is -2.52. The van der Waals surface area contributed by atoms with Crippen molar-refractivity contribution >= 4 is 18.0 Å². The first-order chi connectivity index (χ1) is 16.7. The van der Waals surface area contributed by atoms with E-state index in [1.165, 1.54) is 14.2 Å². The van der Waals surface area contributed by atoms with Crippen LogP contribution in [-0.2, 0) is 23.8 Å². The first-order valence-corrected chi connectivity index (χ1v) is 11.4. The van der Waals surface area contributed by atoms with E-state index in [4.69, 9.17) is 19.3 Å². The van der Waals surface area contributed by atoms with E-state index >= 15 is 0 Å². The molecule has 0 saturated carbocycles. The van der Waals surface area contributed by atoms with Crippen molar-refractivity contribution in [3.8, 4) is 11.1 Å². The highest BCUT2D eigenvalue weighted by molar-refractivity contribution is 5.86. The van der Waals surface area contributed by atoms with Gasteiger partial charge in [0.1, 0.15) is 12.6 Å². The van der Waals surface area contributed by atoms with Crippen LogP contribution in [0.2, 0.25) is 0 Å². The highest BCUT2D eigenvalue weighted by atomic mass is 16.5. The third-order valence-electron chi connectivity index (χ3n) is 6.22. The van der Waals surface area contributed by atoms with Gasteiger partial charge in [0.25, 0.3) is 0 Å². The van der Waals surface area contributed by atoms with Crippen LogP contribution in [0.3, 0.4) is 0 Å². The van der Waals surface area contributed by atoms with E-state index in [9.17, 15) is 14.4 Å². The minimum atomic E-state index is -1.20. The molecule has 2 amide bonds. The molecule has 2 aromatic rings. The lowest BCUT2D eigenvalue weighted by Gasteiger charge is -2.28. The number of benzene rings is 2. The summed E-state index contributed by atoms with van der Waals surface area (Å²) in [5.74, 6) is -1.88. The summed E-state index contributed by atoms with van der Waals surface area (Å²) in [5.41, 5.74) is 3.65. The largest absolute Gasteiger partial charge is 0.479 e. The number of carbonyl (C=O) groups is 3. The molecule has 2 aromatic carbocycles. The molecule has 0 radical (unpaired) electrons. The Morgan fingerprint density at radius 2 is 1.57 bits per heavy atom. The summed E-state index contributed by atoms with van der Waals surface area (Å²) in [4.78, 5) is 36.7. The minimum Gasteiger partial charge on any atom is -0.479 e. The summed E-state index contributed by atoms with van der Waals surface area (Å²) in [6, 6.07) is 15.0. The molecule has 0 bridgehead atoms. The zero-order valence-corrected chi connectivity index (χ0v) is 20.4. The van der Waals surface area contributed by atoms with Crippen LogP contribution in [0.15, 0.2) is 48.5 Å². The van der Waals surface area contributed by atoms with Gasteiger partial charge in [0.2, 0.25) is 5.91 Å². The molecule has 0 saturated heterocycles. The van der Waals surface area contributed by atoms with Crippen molar-refractivity contribution in [1.29, 1.82) is 0 Å². The molecule has 0 fully saturated rings. The van der Waals surface area contributed by atoms with Crippen molar-refractivity contribution in [2.24, 2.45) is 0 Å². The van der Waals surface area contributed by atoms with Crippen LogP contribution in [0.1, 0.15) is 37.3 Å². The molecule has 2 unspecified atom stereocenters. The molecule has 35 heavy (non-hydrogen) atoms. The number of nitrogens with one attached hydrogen (secondary N) is 2. The second-order valence-electron chi connectivity index (χ2n) is 9.00. The average Bonchev–Trinajstić information content (AvgIpc) is 3.16. The maximum atomic E-state index is 12.8. The van der Waals surface area contributed by atoms with Crippen molar-refractivity contribution in [2.45, 2.75) is 43.9 Å². The second kappa shape index (κ2) is 11.3. The van der Waals surface area contributed by atoms with Crippen LogP contribution >= 0.6 is 0 Å². The van der Waals surface area contributed by atoms with Crippen molar-refractivity contribution in [3.05, 3.63) is 59.7 Å². The molecule has 3 rings (SSSR count). The predicted molar refractivity (Wildman–Crippen MR) is 129 cm³/mol. The van der Waals surface area contributed by atoms with E-state index in [-0.39, 0.29) is 25.5 Å². The Kier molecular flexibility index (Phi) is 8.48. The van der Waals surface area contributed by atoms with Gasteiger partial charge in [-0.3, -0.25) is 4.79 Å². The molecular weight excluding hydrogens is 452 g/mol. The molecule has 0 heterocycles. The average molecular weight is 485 g/mol. The van der Waals surface area contributed by atoms with Crippen molar-refractivity contribution in [3.63, 3.8) is 0 Å². The van der Waals surface area contributed by atoms with Gasteiger partial charge in [0.05, 0.1) is 12.1 Å². The number of fused-ring (bicyclic) bond motifs is 3. The van der Waals surface area contributed by atoms with E-state index in [1.807, 2.05) is 48.5 Å². The highest BCUT2D eigenvalue weighted by Crippen LogP contribution is 2.44. The summed E-state index contributed by atoms with van der Waals surface area (Å²) >= 11 is 0. The van der Waals surface area contributed by atoms with Crippen LogP contribution in [0.4, 0.5) is 4.79 Å². The zero-order chi connectivity index (χ0) is 25.6. The van der Waals surface area contributed by atoms with Gasteiger partial charge in [-0.25, -0.2) is 9.59 Å². The van der Waals surface area contributed by atoms with Crippen molar-refractivity contribution < 1.29 is 33.7 Å². The number of alkyl carbamates (subject to hydrolysis) is 1. The highest BCUT2D eigenvalue weighted by Gasteiger charge is 2.32. The number of hydrogen-bond donors (Lipinski definition) is 3. The topological polar surface area (TPSA) is 123 Å². The first-order valence-electron chi connectivity index (χ1n) is 11.4. The van der Waals surface area contributed by atoms with Gasteiger partial charge in [-0.2, -0.15) is 0 Å². The van der Waals surface area contributed by atoms with E-state index < -0.39 is 35.7 Å². The van der Waals surface area contributed by atoms with Gasteiger partial charge < -0.3 is 30.0 Å². The van der Waals surface area contributed by atoms with Crippen LogP contribution < -0.4 is 10.6 Å². The maximum absolute atomic E-state index is 12.8. The number of carboxylic acids is 1. The fourth-order valence-electron chi connectivity index (χ4n) is 4.15. The number of aliphatic carboxylic acids is 1. The van der Waals surface area contributed by atoms with Crippen molar-refractivity contribution in [2.75, 3.05) is 27.4 Å². The van der Waals surface area contributed by atoms with Gasteiger partial charge >= 0.3 is 12.1 Å². The monoisotopic (exact) mass is 484 g/mol. The quantitative estimate of drug-likeness (QED) is 0.448. The molecule has 9 heteroatoms. The summed E-state index contributed by atoms with van der Waals surface area (Å²) in [7, 11) is 2.75. The smallest absolute Gasteiger partial charge is 0.407 e. The molecule has 2 atom stereocenters. The van der Waals surface area contributed by atoms with Crippen LogP contribution in [0, 0.1) is 0 Å². The maximum Gasteiger partial charge on any atom is 0.407 e. The van der Waals surface area contributed by atoms with E-state index in [0.29, 0.717) is 0 Å². The minimum absolute atomic E-state index is 0.104. The zero-order valence-electron chi connectivity index (χ0n) is 20.4. The number of amides is 2. The fraction of sp³-hybridized carbons (Fsp3) is 0.423. The van der Waals surface area contributed by atoms with Crippen LogP contribution in [0.25, 0.3) is 11.1 Å². The van der Waals surface area contributed by atoms with E-state index in [1.54, 1.807) is 13.8 Å². The number of hydrogen-bond acceptors (Lipinski definition) is 6.